The summed E-state index contributed by atoms with van der Waals surface area (Å²) < 4.78 is 47.9. The molecule has 0 bridgehead atoms. The number of methoxy groups -OCH3 is 4. The zero-order valence-electron chi connectivity index (χ0n) is 15.3. The summed E-state index contributed by atoms with van der Waals surface area (Å²) in [6.45, 7) is 0. The number of anilines is 1. The second-order valence-electron chi connectivity index (χ2n) is 5.08. The van der Waals surface area contributed by atoms with E-state index in [1.54, 1.807) is 0 Å². The van der Waals surface area contributed by atoms with Crippen molar-refractivity contribution in [3.8, 4) is 17.2 Å². The second-order valence-corrected chi connectivity index (χ2v) is 7.65. The topological polar surface area (TPSA) is 137 Å². The molecule has 12 heteroatoms. The summed E-state index contributed by atoms with van der Waals surface area (Å²) in [6.07, 6.45) is 0. The van der Waals surface area contributed by atoms with Crippen molar-refractivity contribution in [2.24, 2.45) is 0 Å². The molecule has 2 rings (SSSR count). The summed E-state index contributed by atoms with van der Waals surface area (Å²) in [7, 11) is 0.539. The van der Waals surface area contributed by atoms with Crippen LogP contribution in [0.15, 0.2) is 22.4 Å². The highest BCUT2D eigenvalue weighted by molar-refractivity contribution is 7.93. The maximum absolute atomic E-state index is 12.9. The van der Waals surface area contributed by atoms with E-state index in [2.05, 4.69) is 9.46 Å². The minimum Gasteiger partial charge on any atom is -0.493 e. The number of thiophene rings is 1. The average Bonchev–Trinajstić information content (AvgIpc) is 3.17. The molecular formula is C16H17NO9S2. The number of carboxylic acids is 1. The van der Waals surface area contributed by atoms with Crippen LogP contribution in [0.5, 0.6) is 17.2 Å². The molecule has 0 spiro atoms. The third-order valence-corrected chi connectivity index (χ3v) is 6.00. The summed E-state index contributed by atoms with van der Waals surface area (Å²) in [5.41, 5.74) is -0.817. The molecule has 2 aromatic rings. The lowest BCUT2D eigenvalue weighted by atomic mass is 10.1. The van der Waals surface area contributed by atoms with E-state index in [9.17, 15) is 23.1 Å². The van der Waals surface area contributed by atoms with Gasteiger partial charge in [-0.25, -0.2) is 18.0 Å². The van der Waals surface area contributed by atoms with Gasteiger partial charge in [-0.2, -0.15) is 0 Å². The first-order valence-electron chi connectivity index (χ1n) is 7.46. The SMILES string of the molecule is COC(=O)c1sccc1S(=O)(=O)Nc1c(C(=O)O)cc(OC)c(OC)c1OC. The van der Waals surface area contributed by atoms with Crippen LogP contribution >= 0.6 is 11.3 Å². The van der Waals surface area contributed by atoms with Crippen molar-refractivity contribution < 1.29 is 42.1 Å². The van der Waals surface area contributed by atoms with Crippen molar-refractivity contribution in [1.29, 1.82) is 0 Å². The van der Waals surface area contributed by atoms with E-state index < -0.39 is 27.5 Å². The Morgan fingerprint density at radius 1 is 1.07 bits per heavy atom. The van der Waals surface area contributed by atoms with Crippen LogP contribution in [-0.4, -0.2) is 53.9 Å². The normalized spacial score (nSPS) is 10.9. The van der Waals surface area contributed by atoms with Gasteiger partial charge >= 0.3 is 11.9 Å². The highest BCUT2D eigenvalue weighted by Crippen LogP contribution is 2.46. The number of benzene rings is 1. The predicted molar refractivity (Wildman–Crippen MR) is 99.5 cm³/mol. The number of rotatable bonds is 8. The molecule has 0 aliphatic rings. The van der Waals surface area contributed by atoms with Gasteiger partial charge < -0.3 is 24.1 Å². The van der Waals surface area contributed by atoms with Crippen molar-refractivity contribution in [3.63, 3.8) is 0 Å². The van der Waals surface area contributed by atoms with Crippen LogP contribution in [0, 0.1) is 0 Å². The van der Waals surface area contributed by atoms with E-state index >= 15 is 0 Å². The maximum Gasteiger partial charge on any atom is 0.349 e. The summed E-state index contributed by atoms with van der Waals surface area (Å²) in [6, 6.07) is 2.29. The first kappa shape index (κ1) is 21.3. The summed E-state index contributed by atoms with van der Waals surface area (Å²) in [4.78, 5) is 23.0. The molecule has 0 radical (unpaired) electrons. The Labute approximate surface area is 164 Å². The highest BCUT2D eigenvalue weighted by Gasteiger charge is 2.30. The Morgan fingerprint density at radius 3 is 2.21 bits per heavy atom. The van der Waals surface area contributed by atoms with Crippen LogP contribution in [0.3, 0.4) is 0 Å². The maximum atomic E-state index is 12.9. The zero-order valence-corrected chi connectivity index (χ0v) is 16.9. The summed E-state index contributed by atoms with van der Waals surface area (Å²) >= 11 is 0.868. The number of hydrogen-bond donors (Lipinski definition) is 2. The van der Waals surface area contributed by atoms with Crippen LogP contribution in [0.25, 0.3) is 0 Å². The molecule has 0 aliphatic heterocycles. The Hall–Kier alpha value is -2.99. The molecule has 2 N–H and O–H groups in total. The molecule has 1 aromatic heterocycles. The van der Waals surface area contributed by atoms with Gasteiger partial charge in [0.25, 0.3) is 10.0 Å². The van der Waals surface area contributed by atoms with Crippen LogP contribution in [0.4, 0.5) is 5.69 Å². The lowest BCUT2D eigenvalue weighted by molar-refractivity contribution is 0.0601. The fourth-order valence-electron chi connectivity index (χ4n) is 2.37. The molecule has 0 aliphatic carbocycles. The van der Waals surface area contributed by atoms with E-state index in [0.29, 0.717) is 0 Å². The zero-order chi connectivity index (χ0) is 21.1. The quantitative estimate of drug-likeness (QED) is 0.602. The summed E-state index contributed by atoms with van der Waals surface area (Å²) in [5, 5.41) is 10.9. The molecule has 28 heavy (non-hydrogen) atoms. The first-order chi connectivity index (χ1) is 13.2. The van der Waals surface area contributed by atoms with Crippen LogP contribution < -0.4 is 18.9 Å². The van der Waals surface area contributed by atoms with E-state index in [-0.39, 0.29) is 32.7 Å². The number of sulfonamides is 1. The van der Waals surface area contributed by atoms with Gasteiger partial charge in [0.1, 0.15) is 15.5 Å². The molecule has 1 heterocycles. The molecule has 0 saturated heterocycles. The van der Waals surface area contributed by atoms with E-state index in [1.165, 1.54) is 32.8 Å². The highest BCUT2D eigenvalue weighted by atomic mass is 32.2. The molecule has 10 nitrogen and oxygen atoms in total. The minimum absolute atomic E-state index is 0.00814. The van der Waals surface area contributed by atoms with Gasteiger partial charge in [0.15, 0.2) is 11.5 Å². The Bertz CT molecular complexity index is 1010. The lowest BCUT2D eigenvalue weighted by Gasteiger charge is -2.19. The molecule has 0 saturated carbocycles. The number of carboxylic acid groups (broad SMARTS) is 1. The molecule has 0 unspecified atom stereocenters. The van der Waals surface area contributed by atoms with Crippen molar-refractivity contribution in [1.82, 2.24) is 0 Å². The van der Waals surface area contributed by atoms with E-state index in [1.807, 2.05) is 0 Å². The number of ether oxygens (including phenoxy) is 4. The number of carbonyl (C=O) groups is 2. The lowest BCUT2D eigenvalue weighted by Crippen LogP contribution is -2.19. The minimum atomic E-state index is -4.37. The van der Waals surface area contributed by atoms with Gasteiger partial charge in [0, 0.05) is 6.07 Å². The third-order valence-electron chi connectivity index (χ3n) is 3.59. The van der Waals surface area contributed by atoms with E-state index in [0.717, 1.165) is 24.5 Å². The molecular weight excluding hydrogens is 414 g/mol. The van der Waals surface area contributed by atoms with Gasteiger partial charge in [-0.1, -0.05) is 0 Å². The molecule has 152 valence electrons. The van der Waals surface area contributed by atoms with Crippen LogP contribution in [0.1, 0.15) is 20.0 Å². The number of nitrogens with one attached hydrogen (secondary N) is 1. The van der Waals surface area contributed by atoms with Gasteiger partial charge in [0.2, 0.25) is 5.75 Å². The third kappa shape index (κ3) is 3.82. The Kier molecular flexibility index (Phi) is 6.36. The molecule has 1 aromatic carbocycles. The van der Waals surface area contributed by atoms with Gasteiger partial charge in [-0.3, -0.25) is 4.72 Å². The fourth-order valence-corrected chi connectivity index (χ4v) is 4.79. The van der Waals surface area contributed by atoms with Gasteiger partial charge in [-0.05, 0) is 11.4 Å². The monoisotopic (exact) mass is 431 g/mol. The smallest absolute Gasteiger partial charge is 0.349 e. The molecule has 0 amide bonds. The molecule has 0 atom stereocenters. The van der Waals surface area contributed by atoms with Gasteiger partial charge in [0.05, 0.1) is 34.0 Å². The Morgan fingerprint density at radius 2 is 1.71 bits per heavy atom. The number of carbonyl (C=O) groups excluding carboxylic acids is 1. The number of esters is 1. The average molecular weight is 431 g/mol. The van der Waals surface area contributed by atoms with Gasteiger partial charge in [-0.15, -0.1) is 11.3 Å². The largest absolute Gasteiger partial charge is 0.493 e. The van der Waals surface area contributed by atoms with Crippen LogP contribution in [-0.2, 0) is 14.8 Å². The predicted octanol–water partition coefficient (Wildman–Crippen LogP) is 2.06. The fraction of sp³-hybridized carbons (Fsp3) is 0.250. The second kappa shape index (κ2) is 8.35. The van der Waals surface area contributed by atoms with Crippen LogP contribution in [0.2, 0.25) is 0 Å². The van der Waals surface area contributed by atoms with Crippen molar-refractivity contribution in [3.05, 3.63) is 28.0 Å². The van der Waals surface area contributed by atoms with Crippen molar-refractivity contribution >= 4 is 39.0 Å². The van der Waals surface area contributed by atoms with E-state index in [4.69, 9.17) is 14.2 Å². The van der Waals surface area contributed by atoms with Crippen molar-refractivity contribution in [2.75, 3.05) is 33.2 Å². The molecule has 0 fully saturated rings. The Balaban J connectivity index is 2.70. The first-order valence-corrected chi connectivity index (χ1v) is 9.82. The number of aromatic carboxylic acids is 1. The number of hydrogen-bond acceptors (Lipinski definition) is 9. The standard InChI is InChI=1S/C16H17NO9S2/c1-23-9-7-8(15(18)19)11(13(25-3)12(9)24-2)17-28(21,22)10-5-6-27-14(10)16(20)26-4/h5-7,17H,1-4H3,(H,18,19). The summed E-state index contributed by atoms with van der Waals surface area (Å²) in [5.74, 6) is -2.45. The van der Waals surface area contributed by atoms with Crippen molar-refractivity contribution in [2.45, 2.75) is 4.90 Å².